The molecule has 1 saturated heterocycles. The number of anilines is 1. The van der Waals surface area contributed by atoms with Gasteiger partial charge in [0, 0.05) is 13.1 Å². The lowest BCUT2D eigenvalue weighted by Gasteiger charge is -2.34. The van der Waals surface area contributed by atoms with Crippen LogP contribution in [0.1, 0.15) is 70.5 Å². The number of piperidine rings is 1. The summed E-state index contributed by atoms with van der Waals surface area (Å²) in [6.45, 7) is 7.19. The number of nitrogens with zero attached hydrogens (tertiary/aromatic N) is 1. The van der Waals surface area contributed by atoms with Gasteiger partial charge in [0.15, 0.2) is 0 Å². The number of carboxylic acids is 2. The number of carboxylic acid groups (broad SMARTS) is 2. The Morgan fingerprint density at radius 1 is 0.913 bits per heavy atom. The third kappa shape index (κ3) is 3.05. The van der Waals surface area contributed by atoms with Gasteiger partial charge in [-0.15, -0.1) is 0 Å². The van der Waals surface area contributed by atoms with Gasteiger partial charge in [0.2, 0.25) is 0 Å². The summed E-state index contributed by atoms with van der Waals surface area (Å²) >= 11 is 0. The fourth-order valence-electron chi connectivity index (χ4n) is 3.76. The highest BCUT2D eigenvalue weighted by Crippen LogP contribution is 2.37. The van der Waals surface area contributed by atoms with Crippen molar-refractivity contribution >= 4 is 17.6 Å². The van der Waals surface area contributed by atoms with E-state index in [2.05, 4.69) is 4.90 Å². The van der Waals surface area contributed by atoms with E-state index in [1.165, 1.54) is 0 Å². The van der Waals surface area contributed by atoms with Crippen molar-refractivity contribution in [3.05, 3.63) is 27.8 Å². The zero-order chi connectivity index (χ0) is 17.1. The summed E-state index contributed by atoms with van der Waals surface area (Å²) in [7, 11) is 0. The zero-order valence-electron chi connectivity index (χ0n) is 14.1. The van der Waals surface area contributed by atoms with Crippen LogP contribution in [-0.4, -0.2) is 35.2 Å². The third-order valence-electron chi connectivity index (χ3n) is 4.75. The Labute approximate surface area is 136 Å². The first-order valence-corrected chi connectivity index (χ1v) is 8.33. The first-order chi connectivity index (χ1) is 10.9. The van der Waals surface area contributed by atoms with Crippen LogP contribution in [-0.2, 0) is 12.8 Å². The van der Waals surface area contributed by atoms with E-state index in [4.69, 9.17) is 0 Å². The average molecular weight is 319 g/mol. The minimum atomic E-state index is -1.04. The summed E-state index contributed by atoms with van der Waals surface area (Å²) in [4.78, 5) is 25.8. The number of rotatable bonds is 5. The summed E-state index contributed by atoms with van der Waals surface area (Å²) in [6.07, 6.45) is 4.47. The van der Waals surface area contributed by atoms with Crippen molar-refractivity contribution in [3.63, 3.8) is 0 Å². The molecule has 0 spiro atoms. The Kier molecular flexibility index (Phi) is 5.29. The van der Waals surface area contributed by atoms with Crippen molar-refractivity contribution in [2.45, 2.75) is 52.9 Å². The molecule has 5 nitrogen and oxygen atoms in total. The molecule has 0 aromatic heterocycles. The minimum absolute atomic E-state index is 0.165. The maximum absolute atomic E-state index is 11.9. The second-order valence-corrected chi connectivity index (χ2v) is 6.05. The van der Waals surface area contributed by atoms with Crippen molar-refractivity contribution in [2.75, 3.05) is 18.0 Å². The van der Waals surface area contributed by atoms with Gasteiger partial charge in [-0.05, 0) is 55.7 Å². The van der Waals surface area contributed by atoms with E-state index in [1.54, 1.807) is 6.92 Å². The summed E-state index contributed by atoms with van der Waals surface area (Å²) < 4.78 is 0. The molecule has 1 aliphatic heterocycles. The molecule has 23 heavy (non-hydrogen) atoms. The van der Waals surface area contributed by atoms with E-state index in [1.807, 2.05) is 13.8 Å². The molecule has 5 heteroatoms. The molecule has 1 fully saturated rings. The topological polar surface area (TPSA) is 77.8 Å². The Bertz CT molecular complexity index is 631. The van der Waals surface area contributed by atoms with Gasteiger partial charge in [-0.3, -0.25) is 0 Å². The molecule has 1 aliphatic rings. The van der Waals surface area contributed by atoms with Crippen LogP contribution in [0.4, 0.5) is 5.69 Å². The predicted molar refractivity (Wildman–Crippen MR) is 89.9 cm³/mol. The molecule has 0 saturated carbocycles. The molecule has 0 unspecified atom stereocenters. The first kappa shape index (κ1) is 17.3. The average Bonchev–Trinajstić information content (AvgIpc) is 2.53. The largest absolute Gasteiger partial charge is 0.478 e. The van der Waals surface area contributed by atoms with Gasteiger partial charge in [-0.2, -0.15) is 0 Å². The van der Waals surface area contributed by atoms with Crippen LogP contribution >= 0.6 is 0 Å². The number of aromatic carboxylic acids is 2. The lowest BCUT2D eigenvalue weighted by atomic mass is 9.86. The smallest absolute Gasteiger partial charge is 0.338 e. The van der Waals surface area contributed by atoms with E-state index in [0.717, 1.165) is 49.2 Å². The van der Waals surface area contributed by atoms with Crippen molar-refractivity contribution in [1.29, 1.82) is 0 Å². The number of hydrogen-bond acceptors (Lipinski definition) is 3. The van der Waals surface area contributed by atoms with Gasteiger partial charge in [-0.25, -0.2) is 9.59 Å². The highest BCUT2D eigenvalue weighted by molar-refractivity contribution is 6.03. The molecular formula is C18H25NO4. The highest BCUT2D eigenvalue weighted by atomic mass is 16.4. The third-order valence-corrected chi connectivity index (χ3v) is 4.75. The van der Waals surface area contributed by atoms with Crippen LogP contribution in [0.3, 0.4) is 0 Å². The normalized spacial score (nSPS) is 14.8. The lowest BCUT2D eigenvalue weighted by molar-refractivity contribution is 0.0695. The van der Waals surface area contributed by atoms with Gasteiger partial charge < -0.3 is 15.1 Å². The summed E-state index contributed by atoms with van der Waals surface area (Å²) in [5.74, 6) is -2.08. The number of hydrogen-bond donors (Lipinski definition) is 2. The van der Waals surface area contributed by atoms with E-state index >= 15 is 0 Å². The first-order valence-electron chi connectivity index (χ1n) is 8.33. The molecule has 126 valence electrons. The lowest BCUT2D eigenvalue weighted by Crippen LogP contribution is -2.33. The van der Waals surface area contributed by atoms with E-state index < -0.39 is 11.9 Å². The van der Waals surface area contributed by atoms with Crippen LogP contribution < -0.4 is 4.90 Å². The summed E-state index contributed by atoms with van der Waals surface area (Å²) in [6, 6.07) is 0. The fraction of sp³-hybridized carbons (Fsp3) is 0.556. The molecular weight excluding hydrogens is 294 g/mol. The Morgan fingerprint density at radius 3 is 1.87 bits per heavy atom. The van der Waals surface area contributed by atoms with Gasteiger partial charge in [0.1, 0.15) is 0 Å². The molecule has 0 amide bonds. The molecule has 2 rings (SSSR count). The molecule has 1 aromatic rings. The van der Waals surface area contributed by atoms with Gasteiger partial charge >= 0.3 is 11.9 Å². The molecule has 1 heterocycles. The predicted octanol–water partition coefficient (Wildman–Crippen LogP) is 3.51. The monoisotopic (exact) mass is 319 g/mol. The van der Waals surface area contributed by atoms with Crippen LogP contribution in [0.15, 0.2) is 0 Å². The van der Waals surface area contributed by atoms with Gasteiger partial charge in [0.05, 0.1) is 16.8 Å². The molecule has 0 radical (unpaired) electrons. The van der Waals surface area contributed by atoms with E-state index in [0.29, 0.717) is 18.4 Å². The molecule has 1 aromatic carbocycles. The van der Waals surface area contributed by atoms with Gasteiger partial charge in [0.25, 0.3) is 0 Å². The Balaban J connectivity index is 2.83. The Hall–Kier alpha value is -2.04. The maximum Gasteiger partial charge on any atom is 0.338 e. The van der Waals surface area contributed by atoms with Crippen LogP contribution in [0.25, 0.3) is 0 Å². The minimum Gasteiger partial charge on any atom is -0.478 e. The SMILES string of the molecule is CCc1c(CC)c(N2CCCCC2)c(C(=O)O)c(C)c1C(=O)O. The van der Waals surface area contributed by atoms with Gasteiger partial charge in [-0.1, -0.05) is 13.8 Å². The van der Waals surface area contributed by atoms with E-state index in [9.17, 15) is 19.8 Å². The fourth-order valence-corrected chi connectivity index (χ4v) is 3.76. The van der Waals surface area contributed by atoms with Crippen LogP contribution in [0.2, 0.25) is 0 Å². The summed E-state index contributed by atoms with van der Waals surface area (Å²) in [5, 5.41) is 19.3. The molecule has 2 N–H and O–H groups in total. The highest BCUT2D eigenvalue weighted by Gasteiger charge is 2.29. The second kappa shape index (κ2) is 7.02. The van der Waals surface area contributed by atoms with Crippen molar-refractivity contribution in [3.8, 4) is 0 Å². The van der Waals surface area contributed by atoms with Crippen LogP contribution in [0, 0.1) is 6.92 Å². The van der Waals surface area contributed by atoms with Crippen molar-refractivity contribution < 1.29 is 19.8 Å². The molecule has 0 aliphatic carbocycles. The second-order valence-electron chi connectivity index (χ2n) is 6.05. The van der Waals surface area contributed by atoms with Crippen molar-refractivity contribution in [1.82, 2.24) is 0 Å². The summed E-state index contributed by atoms with van der Waals surface area (Å²) in [5.41, 5.74) is 3.12. The molecule has 0 bridgehead atoms. The van der Waals surface area contributed by atoms with E-state index in [-0.39, 0.29) is 11.1 Å². The van der Waals surface area contributed by atoms with Crippen LogP contribution in [0.5, 0.6) is 0 Å². The molecule has 0 atom stereocenters. The number of carbonyl (C=O) groups is 2. The quantitative estimate of drug-likeness (QED) is 0.868. The zero-order valence-corrected chi connectivity index (χ0v) is 14.1. The van der Waals surface area contributed by atoms with Crippen molar-refractivity contribution in [2.24, 2.45) is 0 Å². The number of benzene rings is 1. The standard InChI is InChI=1S/C18H25NO4/c1-4-12-13(5-2)16(19-9-7-6-8-10-19)15(18(22)23)11(3)14(12)17(20)21/h4-10H2,1-3H3,(H,20,21)(H,22,23). The maximum atomic E-state index is 11.9. The Morgan fingerprint density at radius 2 is 1.43 bits per heavy atom.